The fourth-order valence-electron chi connectivity index (χ4n) is 0.948. The lowest BCUT2D eigenvalue weighted by Crippen LogP contribution is -1.98. The number of halogens is 2. The van der Waals surface area contributed by atoms with Gasteiger partial charge in [0.15, 0.2) is 0 Å². The van der Waals surface area contributed by atoms with E-state index in [1.807, 2.05) is 12.1 Å². The number of alkyl halides is 1. The van der Waals surface area contributed by atoms with Crippen LogP contribution < -0.4 is 5.73 Å². The van der Waals surface area contributed by atoms with E-state index in [0.29, 0.717) is 11.7 Å². The molecule has 0 aliphatic rings. The van der Waals surface area contributed by atoms with E-state index in [2.05, 4.69) is 20.9 Å². The summed E-state index contributed by atoms with van der Waals surface area (Å²) in [6, 6.07) is 3.86. The molecule has 12 heavy (non-hydrogen) atoms. The third kappa shape index (κ3) is 2.64. The molecule has 0 radical (unpaired) electrons. The number of nitrogens with two attached hydrogens (primary N) is 1. The van der Waals surface area contributed by atoms with Crippen LogP contribution in [-0.4, -0.2) is 10.9 Å². The minimum Gasteiger partial charge on any atom is -0.383 e. The van der Waals surface area contributed by atoms with Crippen molar-refractivity contribution in [1.82, 2.24) is 4.98 Å². The van der Waals surface area contributed by atoms with Crippen molar-refractivity contribution < 1.29 is 0 Å². The van der Waals surface area contributed by atoms with Gasteiger partial charge in [0, 0.05) is 5.88 Å². The molecule has 0 spiro atoms. The Labute approximate surface area is 85.3 Å². The highest BCUT2D eigenvalue weighted by molar-refractivity contribution is 9.10. The standard InChI is InChI=1S/C8H10BrClN2/c9-7-4-3-6(2-1-5-10)8(11)12-7/h3-4H,1-2,5H2,(H2,11,12). The van der Waals surface area contributed by atoms with Crippen LogP contribution in [0.3, 0.4) is 0 Å². The second-order valence-corrected chi connectivity index (χ2v) is 3.66. The van der Waals surface area contributed by atoms with E-state index in [1.165, 1.54) is 0 Å². The minimum atomic E-state index is 0.592. The molecule has 2 N–H and O–H groups in total. The zero-order valence-electron chi connectivity index (χ0n) is 6.56. The van der Waals surface area contributed by atoms with Crippen LogP contribution in [0.15, 0.2) is 16.7 Å². The normalized spacial score (nSPS) is 10.2. The number of nitrogen functional groups attached to an aromatic ring is 1. The Kier molecular flexibility index (Phi) is 3.82. The van der Waals surface area contributed by atoms with E-state index in [9.17, 15) is 0 Å². The fraction of sp³-hybridized carbons (Fsp3) is 0.375. The van der Waals surface area contributed by atoms with Gasteiger partial charge < -0.3 is 5.73 Å². The number of anilines is 1. The van der Waals surface area contributed by atoms with Gasteiger partial charge in [-0.05, 0) is 40.4 Å². The third-order valence-corrected chi connectivity index (χ3v) is 2.27. The van der Waals surface area contributed by atoms with Gasteiger partial charge >= 0.3 is 0 Å². The summed E-state index contributed by atoms with van der Waals surface area (Å²) in [7, 11) is 0. The van der Waals surface area contributed by atoms with Crippen molar-refractivity contribution in [3.05, 3.63) is 22.3 Å². The van der Waals surface area contributed by atoms with Crippen LogP contribution in [0.25, 0.3) is 0 Å². The molecule has 1 rings (SSSR count). The van der Waals surface area contributed by atoms with Gasteiger partial charge in [0.05, 0.1) is 0 Å². The quantitative estimate of drug-likeness (QED) is 0.661. The van der Waals surface area contributed by atoms with Gasteiger partial charge in [-0.1, -0.05) is 6.07 Å². The molecular weight excluding hydrogens is 239 g/mol. The van der Waals surface area contributed by atoms with Crippen molar-refractivity contribution in [2.24, 2.45) is 0 Å². The Morgan fingerprint density at radius 1 is 1.50 bits per heavy atom. The first-order valence-corrected chi connectivity index (χ1v) is 5.03. The molecule has 1 aromatic heterocycles. The monoisotopic (exact) mass is 248 g/mol. The summed E-state index contributed by atoms with van der Waals surface area (Å²) in [4.78, 5) is 4.08. The molecule has 0 saturated carbocycles. The summed E-state index contributed by atoms with van der Waals surface area (Å²) >= 11 is 8.81. The highest BCUT2D eigenvalue weighted by Gasteiger charge is 1.99. The second kappa shape index (κ2) is 4.67. The van der Waals surface area contributed by atoms with Crippen LogP contribution in [0, 0.1) is 0 Å². The molecule has 0 bridgehead atoms. The van der Waals surface area contributed by atoms with Crippen LogP contribution in [0.1, 0.15) is 12.0 Å². The zero-order chi connectivity index (χ0) is 8.97. The van der Waals surface area contributed by atoms with E-state index in [4.69, 9.17) is 17.3 Å². The molecule has 0 aliphatic carbocycles. The average Bonchev–Trinajstić information content (AvgIpc) is 2.03. The molecule has 1 heterocycles. The molecule has 0 unspecified atom stereocenters. The Hall–Kier alpha value is -0.280. The molecule has 0 atom stereocenters. The summed E-state index contributed by atoms with van der Waals surface area (Å²) in [5, 5.41) is 0. The lowest BCUT2D eigenvalue weighted by Gasteiger charge is -2.02. The van der Waals surface area contributed by atoms with Gasteiger partial charge in [0.1, 0.15) is 10.4 Å². The fourth-order valence-corrected chi connectivity index (χ4v) is 1.40. The SMILES string of the molecule is Nc1nc(Br)ccc1CCCCl. The van der Waals surface area contributed by atoms with Gasteiger partial charge in [-0.3, -0.25) is 0 Å². The summed E-state index contributed by atoms with van der Waals surface area (Å²) in [5.74, 6) is 1.25. The summed E-state index contributed by atoms with van der Waals surface area (Å²) in [6.07, 6.45) is 1.84. The van der Waals surface area contributed by atoms with E-state index >= 15 is 0 Å². The smallest absolute Gasteiger partial charge is 0.127 e. The summed E-state index contributed by atoms with van der Waals surface area (Å²) in [6.45, 7) is 0. The van der Waals surface area contributed by atoms with Crippen molar-refractivity contribution >= 4 is 33.3 Å². The van der Waals surface area contributed by atoms with E-state index in [0.717, 1.165) is 23.0 Å². The maximum absolute atomic E-state index is 5.68. The molecule has 66 valence electrons. The lowest BCUT2D eigenvalue weighted by molar-refractivity contribution is 0.923. The maximum Gasteiger partial charge on any atom is 0.127 e. The number of hydrogen-bond acceptors (Lipinski definition) is 2. The number of aryl methyl sites for hydroxylation is 1. The number of rotatable bonds is 3. The summed E-state index contributed by atoms with van der Waals surface area (Å²) in [5.41, 5.74) is 6.75. The molecule has 2 nitrogen and oxygen atoms in total. The Bertz CT molecular complexity index is 265. The number of aromatic nitrogens is 1. The van der Waals surface area contributed by atoms with Gasteiger partial charge in [-0.25, -0.2) is 4.98 Å². The predicted molar refractivity (Wildman–Crippen MR) is 55.4 cm³/mol. The van der Waals surface area contributed by atoms with Crippen molar-refractivity contribution in [3.63, 3.8) is 0 Å². The highest BCUT2D eigenvalue weighted by atomic mass is 79.9. The van der Waals surface area contributed by atoms with Crippen LogP contribution in [0.4, 0.5) is 5.82 Å². The third-order valence-electron chi connectivity index (χ3n) is 1.56. The van der Waals surface area contributed by atoms with Crippen molar-refractivity contribution in [1.29, 1.82) is 0 Å². The van der Waals surface area contributed by atoms with Gasteiger partial charge in [0.2, 0.25) is 0 Å². The molecule has 0 aromatic carbocycles. The van der Waals surface area contributed by atoms with Crippen molar-refractivity contribution in [3.8, 4) is 0 Å². The minimum absolute atomic E-state index is 0.592. The first-order valence-electron chi connectivity index (χ1n) is 3.71. The maximum atomic E-state index is 5.68. The Morgan fingerprint density at radius 3 is 2.83 bits per heavy atom. The summed E-state index contributed by atoms with van der Waals surface area (Å²) < 4.78 is 0.773. The van der Waals surface area contributed by atoms with Crippen molar-refractivity contribution in [2.45, 2.75) is 12.8 Å². The molecule has 0 amide bonds. The number of pyridine rings is 1. The first kappa shape index (κ1) is 9.81. The van der Waals surface area contributed by atoms with Crippen LogP contribution in [0.2, 0.25) is 0 Å². The highest BCUT2D eigenvalue weighted by Crippen LogP contribution is 2.15. The molecule has 0 saturated heterocycles. The van der Waals surface area contributed by atoms with E-state index in [-0.39, 0.29) is 0 Å². The molecule has 0 fully saturated rings. The largest absolute Gasteiger partial charge is 0.383 e. The van der Waals surface area contributed by atoms with Crippen LogP contribution >= 0.6 is 27.5 Å². The predicted octanol–water partition coefficient (Wildman–Crippen LogP) is 2.60. The number of nitrogens with zero attached hydrogens (tertiary/aromatic N) is 1. The van der Waals surface area contributed by atoms with Gasteiger partial charge in [-0.15, -0.1) is 11.6 Å². The molecular formula is C8H10BrClN2. The van der Waals surface area contributed by atoms with Crippen LogP contribution in [0.5, 0.6) is 0 Å². The topological polar surface area (TPSA) is 38.9 Å². The molecule has 0 aliphatic heterocycles. The first-order chi connectivity index (χ1) is 5.74. The average molecular weight is 250 g/mol. The Morgan fingerprint density at radius 2 is 2.25 bits per heavy atom. The molecule has 4 heteroatoms. The van der Waals surface area contributed by atoms with Crippen molar-refractivity contribution in [2.75, 3.05) is 11.6 Å². The Balaban J connectivity index is 2.72. The zero-order valence-corrected chi connectivity index (χ0v) is 8.90. The van der Waals surface area contributed by atoms with Crippen LogP contribution in [-0.2, 0) is 6.42 Å². The van der Waals surface area contributed by atoms with E-state index < -0.39 is 0 Å². The lowest BCUT2D eigenvalue weighted by atomic mass is 10.1. The van der Waals surface area contributed by atoms with Gasteiger partial charge in [-0.2, -0.15) is 0 Å². The second-order valence-electron chi connectivity index (χ2n) is 2.47. The molecule has 1 aromatic rings. The van der Waals surface area contributed by atoms with E-state index in [1.54, 1.807) is 0 Å². The number of hydrogen-bond donors (Lipinski definition) is 1. The van der Waals surface area contributed by atoms with Gasteiger partial charge in [0.25, 0.3) is 0 Å².